The lowest BCUT2D eigenvalue weighted by Gasteiger charge is -2.35. The number of carbonyl (C=O) groups excluding carboxylic acids is 3. The predicted octanol–water partition coefficient (Wildman–Crippen LogP) is -0.718. The first-order valence-electron chi connectivity index (χ1n) is 11.0. The number of H-pyrrole nitrogens is 1. The highest BCUT2D eigenvalue weighted by Crippen LogP contribution is 2.25. The van der Waals surface area contributed by atoms with Crippen LogP contribution < -0.4 is 32.1 Å². The number of amides is 1. The highest BCUT2D eigenvalue weighted by molar-refractivity contribution is 5.96. The van der Waals surface area contributed by atoms with Crippen LogP contribution in [0.5, 0.6) is 0 Å². The van der Waals surface area contributed by atoms with Gasteiger partial charge in [-0.3, -0.25) is 24.2 Å². The van der Waals surface area contributed by atoms with Crippen molar-refractivity contribution in [1.29, 1.82) is 0 Å². The average Bonchev–Trinajstić information content (AvgIpc) is 2.80. The Hall–Kier alpha value is -4.76. The third-order valence-corrected chi connectivity index (χ3v) is 5.43. The van der Waals surface area contributed by atoms with E-state index in [9.17, 15) is 33.5 Å². The maximum Gasteiger partial charge on any atom is 0.326 e. The second kappa shape index (κ2) is 11.3. The number of rotatable bonds is 9. The molecule has 0 fully saturated rings. The van der Waals surface area contributed by atoms with E-state index in [0.29, 0.717) is 18.1 Å². The van der Waals surface area contributed by atoms with Crippen molar-refractivity contribution in [1.82, 2.24) is 20.3 Å². The smallest absolute Gasteiger partial charge is 0.326 e. The van der Waals surface area contributed by atoms with Gasteiger partial charge in [0.2, 0.25) is 11.9 Å². The number of carboxylic acid groups (broad SMARTS) is 1. The van der Waals surface area contributed by atoms with Crippen LogP contribution in [-0.2, 0) is 19.1 Å². The zero-order valence-corrected chi connectivity index (χ0v) is 19.8. The number of esters is 2. The molecular formula is C21H25FN8O7. The number of nitrogens with one attached hydrogen (secondary N) is 4. The van der Waals surface area contributed by atoms with Crippen molar-refractivity contribution in [2.45, 2.75) is 31.8 Å². The number of carboxylic acids is 1. The van der Waals surface area contributed by atoms with E-state index in [2.05, 4.69) is 35.6 Å². The molecule has 15 nitrogen and oxygen atoms in total. The molecule has 0 saturated heterocycles. The Kier molecular flexibility index (Phi) is 8.21. The Morgan fingerprint density at radius 2 is 2.05 bits per heavy atom. The van der Waals surface area contributed by atoms with E-state index >= 15 is 0 Å². The van der Waals surface area contributed by atoms with Gasteiger partial charge in [0, 0.05) is 33.5 Å². The lowest BCUT2D eigenvalue weighted by atomic mass is 10.1. The molecule has 2 aromatic rings. The maximum absolute atomic E-state index is 14.6. The minimum Gasteiger partial charge on any atom is -0.480 e. The van der Waals surface area contributed by atoms with Crippen LogP contribution in [0.3, 0.4) is 0 Å². The highest BCUT2D eigenvalue weighted by Gasteiger charge is 2.28. The third-order valence-electron chi connectivity index (χ3n) is 5.43. The van der Waals surface area contributed by atoms with Crippen molar-refractivity contribution in [3.63, 3.8) is 0 Å². The van der Waals surface area contributed by atoms with E-state index in [1.807, 2.05) is 0 Å². The SMILES string of the molecule is CC(=O)OC(=O)CC[C@H](NC(=O)c1ccc(NCC2CNc3nc(N)[nH]c(=O)c3N2C)nc1F)C(=O)O. The number of halogens is 1. The molecule has 2 atom stereocenters. The number of hydrogen-bond acceptors (Lipinski definition) is 12. The summed E-state index contributed by atoms with van der Waals surface area (Å²) >= 11 is 0. The fourth-order valence-corrected chi connectivity index (χ4v) is 3.57. The monoisotopic (exact) mass is 520 g/mol. The number of anilines is 4. The number of ether oxygens (including phenoxy) is 1. The molecule has 1 aliphatic heterocycles. The Morgan fingerprint density at radius 3 is 2.70 bits per heavy atom. The van der Waals surface area contributed by atoms with Gasteiger partial charge in [0.25, 0.3) is 11.5 Å². The normalized spacial score (nSPS) is 15.1. The van der Waals surface area contributed by atoms with Gasteiger partial charge in [-0.1, -0.05) is 0 Å². The van der Waals surface area contributed by atoms with Gasteiger partial charge in [0.15, 0.2) is 5.82 Å². The van der Waals surface area contributed by atoms with Gasteiger partial charge in [-0.15, -0.1) is 0 Å². The van der Waals surface area contributed by atoms with Crippen molar-refractivity contribution in [3.05, 3.63) is 34.0 Å². The van der Waals surface area contributed by atoms with Crippen molar-refractivity contribution >= 4 is 47.1 Å². The fraction of sp³-hybridized carbons (Fsp3) is 0.381. The molecule has 0 aromatic carbocycles. The molecule has 0 radical (unpaired) electrons. The number of nitrogens with zero attached hydrogens (tertiary/aromatic N) is 3. The first kappa shape index (κ1) is 26.8. The third kappa shape index (κ3) is 6.68. The largest absolute Gasteiger partial charge is 0.480 e. The number of fused-ring (bicyclic) bond motifs is 1. The molecule has 0 spiro atoms. The van der Waals surface area contributed by atoms with Crippen molar-refractivity contribution in [3.8, 4) is 0 Å². The highest BCUT2D eigenvalue weighted by atomic mass is 19.1. The van der Waals surface area contributed by atoms with Gasteiger partial charge in [-0.25, -0.2) is 9.78 Å². The molecule has 3 rings (SSSR count). The molecule has 2 aromatic heterocycles. The van der Waals surface area contributed by atoms with Crippen molar-refractivity contribution in [2.24, 2.45) is 0 Å². The molecule has 198 valence electrons. The van der Waals surface area contributed by atoms with Gasteiger partial charge in [-0.05, 0) is 18.6 Å². The molecule has 1 amide bonds. The minimum absolute atomic E-state index is 0.0183. The molecule has 1 unspecified atom stereocenters. The number of carbonyl (C=O) groups is 4. The fourth-order valence-electron chi connectivity index (χ4n) is 3.57. The maximum atomic E-state index is 14.6. The molecule has 7 N–H and O–H groups in total. The van der Waals surface area contributed by atoms with Crippen LogP contribution in [0.4, 0.5) is 27.7 Å². The Bertz CT molecular complexity index is 1280. The first-order valence-corrected chi connectivity index (χ1v) is 11.0. The standard InChI is InChI=1S/C21H25FN8O7/c1-9(31)37-14(32)6-4-12(20(35)36)26-18(33)11-3-5-13(27-16(11)22)24-7-10-8-25-17-15(30(10)2)19(34)29-21(23)28-17/h3,5,10,12H,4,6-8H2,1-2H3,(H,24,27)(H,26,33)(H,35,36)(H4,23,25,28,29,34)/t10?,12-/m0/s1. The number of nitrogen functional groups attached to an aromatic ring is 1. The average molecular weight is 520 g/mol. The molecule has 16 heteroatoms. The van der Waals surface area contributed by atoms with E-state index in [-0.39, 0.29) is 30.8 Å². The molecular weight excluding hydrogens is 495 g/mol. The number of likely N-dealkylation sites (N-methyl/N-ethyl adjacent to an activating group) is 1. The van der Waals surface area contributed by atoms with E-state index in [4.69, 9.17) is 5.73 Å². The van der Waals surface area contributed by atoms with Gasteiger partial charge >= 0.3 is 17.9 Å². The van der Waals surface area contributed by atoms with Crippen LogP contribution in [0.15, 0.2) is 16.9 Å². The van der Waals surface area contributed by atoms with Crippen LogP contribution >= 0.6 is 0 Å². The van der Waals surface area contributed by atoms with E-state index in [1.165, 1.54) is 6.07 Å². The lowest BCUT2D eigenvalue weighted by Crippen LogP contribution is -2.48. The summed E-state index contributed by atoms with van der Waals surface area (Å²) in [5, 5.41) is 17.3. The van der Waals surface area contributed by atoms with E-state index < -0.39 is 53.3 Å². The van der Waals surface area contributed by atoms with Crippen LogP contribution in [0.25, 0.3) is 0 Å². The molecule has 0 saturated carbocycles. The number of aromatic nitrogens is 3. The number of aliphatic carboxylic acids is 1. The summed E-state index contributed by atoms with van der Waals surface area (Å²) in [6, 6.07) is 0.669. The van der Waals surface area contributed by atoms with E-state index in [1.54, 1.807) is 11.9 Å². The van der Waals surface area contributed by atoms with Crippen molar-refractivity contribution in [2.75, 3.05) is 41.4 Å². The minimum atomic E-state index is -1.53. The van der Waals surface area contributed by atoms with Crippen LogP contribution in [0, 0.1) is 5.95 Å². The zero-order chi connectivity index (χ0) is 27.3. The number of hydrogen-bond donors (Lipinski definition) is 6. The summed E-state index contributed by atoms with van der Waals surface area (Å²) < 4.78 is 18.9. The number of nitrogens with two attached hydrogens (primary N) is 1. The summed E-state index contributed by atoms with van der Waals surface area (Å²) in [7, 11) is 1.69. The Balaban J connectivity index is 1.61. The van der Waals surface area contributed by atoms with Crippen LogP contribution in [-0.4, -0.2) is 76.1 Å². The second-order valence-electron chi connectivity index (χ2n) is 8.08. The summed E-state index contributed by atoms with van der Waals surface area (Å²) in [5.74, 6) is -5.05. The van der Waals surface area contributed by atoms with E-state index in [0.717, 1.165) is 13.0 Å². The predicted molar refractivity (Wildman–Crippen MR) is 128 cm³/mol. The summed E-state index contributed by atoms with van der Waals surface area (Å²) in [6.45, 7) is 1.65. The first-order chi connectivity index (χ1) is 17.5. The summed E-state index contributed by atoms with van der Waals surface area (Å²) in [5.41, 5.74) is 4.92. The zero-order valence-electron chi connectivity index (χ0n) is 19.8. The van der Waals surface area contributed by atoms with Crippen molar-refractivity contribution < 1.29 is 33.4 Å². The summed E-state index contributed by atoms with van der Waals surface area (Å²) in [4.78, 5) is 70.2. The topological polar surface area (TPSA) is 222 Å². The van der Waals surface area contributed by atoms with Gasteiger partial charge in [-0.2, -0.15) is 9.37 Å². The second-order valence-corrected chi connectivity index (χ2v) is 8.08. The van der Waals surface area contributed by atoms with Crippen LogP contribution in [0.1, 0.15) is 30.1 Å². The molecule has 3 heterocycles. The van der Waals surface area contributed by atoms with Gasteiger partial charge in [0.1, 0.15) is 17.5 Å². The Labute approximate surface area is 208 Å². The number of aromatic amines is 1. The quantitative estimate of drug-likeness (QED) is 0.137. The van der Waals surface area contributed by atoms with Crippen LogP contribution in [0.2, 0.25) is 0 Å². The Morgan fingerprint density at radius 1 is 1.32 bits per heavy atom. The molecule has 0 aliphatic carbocycles. The summed E-state index contributed by atoms with van der Waals surface area (Å²) in [6.07, 6.45) is -0.830. The molecule has 1 aliphatic rings. The number of pyridine rings is 1. The molecule has 0 bridgehead atoms. The lowest BCUT2D eigenvalue weighted by molar-refractivity contribution is -0.158. The van der Waals surface area contributed by atoms with Gasteiger partial charge < -0.3 is 36.4 Å². The molecule has 37 heavy (non-hydrogen) atoms. The van der Waals surface area contributed by atoms with Gasteiger partial charge in [0.05, 0.1) is 11.6 Å².